The van der Waals surface area contributed by atoms with Gasteiger partial charge >= 0.3 is 0 Å². The van der Waals surface area contributed by atoms with Crippen LogP contribution in [0.1, 0.15) is 54.9 Å². The van der Waals surface area contributed by atoms with Gasteiger partial charge in [-0.1, -0.05) is 6.92 Å². The Bertz CT molecular complexity index is 391. The van der Waals surface area contributed by atoms with Gasteiger partial charge in [0.25, 0.3) is 0 Å². The summed E-state index contributed by atoms with van der Waals surface area (Å²) in [6, 6.07) is 0. The van der Waals surface area contributed by atoms with E-state index >= 15 is 0 Å². The first-order valence-corrected chi connectivity index (χ1v) is 7.34. The van der Waals surface area contributed by atoms with Crippen LogP contribution in [0.5, 0.6) is 0 Å². The minimum absolute atomic E-state index is 0.379. The highest BCUT2D eigenvalue weighted by atomic mass is 16.5. The predicted molar refractivity (Wildman–Crippen MR) is 76.3 cm³/mol. The average Bonchev–Trinajstić information content (AvgIpc) is 2.43. The lowest BCUT2D eigenvalue weighted by molar-refractivity contribution is 0.0779. The molecule has 1 aromatic heterocycles. The lowest BCUT2D eigenvalue weighted by atomic mass is 10.0. The Hall–Kier alpha value is -1.00. The van der Waals surface area contributed by atoms with Gasteiger partial charge in [0, 0.05) is 36.0 Å². The third kappa shape index (κ3) is 3.74. The summed E-state index contributed by atoms with van der Waals surface area (Å²) in [5.41, 5.74) is 3.46. The average molecular weight is 263 g/mol. The Morgan fingerprint density at radius 3 is 2.58 bits per heavy atom. The number of hydrogen-bond acceptors (Lipinski definition) is 4. The van der Waals surface area contributed by atoms with Gasteiger partial charge in [-0.2, -0.15) is 0 Å². The smallest absolute Gasteiger partial charge is 0.134 e. The third-order valence-electron chi connectivity index (χ3n) is 3.69. The van der Waals surface area contributed by atoms with Gasteiger partial charge in [-0.25, -0.2) is 9.97 Å². The second kappa shape index (κ2) is 6.96. The molecule has 4 nitrogen and oxygen atoms in total. The first kappa shape index (κ1) is 14.4. The predicted octanol–water partition coefficient (Wildman–Crippen LogP) is 2.49. The molecule has 0 aliphatic carbocycles. The van der Waals surface area contributed by atoms with Crippen molar-refractivity contribution in [3.63, 3.8) is 0 Å². The van der Waals surface area contributed by atoms with E-state index in [0.717, 1.165) is 62.8 Å². The summed E-state index contributed by atoms with van der Waals surface area (Å²) in [6.45, 7) is 9.91. The third-order valence-corrected chi connectivity index (χ3v) is 3.69. The zero-order valence-electron chi connectivity index (χ0n) is 12.3. The fraction of sp³-hybridized carbons (Fsp3) is 0.733. The van der Waals surface area contributed by atoms with E-state index in [2.05, 4.69) is 26.1 Å². The summed E-state index contributed by atoms with van der Waals surface area (Å²) < 4.78 is 5.53. The van der Waals surface area contributed by atoms with Crippen molar-refractivity contribution in [1.82, 2.24) is 15.3 Å². The molecule has 1 N–H and O–H groups in total. The van der Waals surface area contributed by atoms with Gasteiger partial charge in [0.05, 0.1) is 6.61 Å². The molecule has 1 atom stereocenters. The van der Waals surface area contributed by atoms with Crippen LogP contribution in [-0.2, 0) is 11.3 Å². The molecule has 0 radical (unpaired) electrons. The zero-order chi connectivity index (χ0) is 13.7. The fourth-order valence-corrected chi connectivity index (χ4v) is 2.54. The number of aryl methyl sites for hydroxylation is 2. The fourth-order valence-electron chi connectivity index (χ4n) is 2.54. The molecule has 1 unspecified atom stereocenters. The maximum Gasteiger partial charge on any atom is 0.134 e. The SMILES string of the molecule is CCCNCc1c(C)nc(C2CCCOC2)nc1C. The van der Waals surface area contributed by atoms with E-state index in [9.17, 15) is 0 Å². The van der Waals surface area contributed by atoms with Gasteiger partial charge < -0.3 is 10.1 Å². The highest BCUT2D eigenvalue weighted by Gasteiger charge is 2.20. The van der Waals surface area contributed by atoms with Gasteiger partial charge in [-0.15, -0.1) is 0 Å². The molecule has 0 aromatic carbocycles. The second-order valence-corrected chi connectivity index (χ2v) is 5.32. The van der Waals surface area contributed by atoms with E-state index in [4.69, 9.17) is 14.7 Å². The minimum Gasteiger partial charge on any atom is -0.381 e. The van der Waals surface area contributed by atoms with Crippen LogP contribution in [0, 0.1) is 13.8 Å². The molecule has 0 saturated carbocycles. The summed E-state index contributed by atoms with van der Waals surface area (Å²) in [5.74, 6) is 1.35. The number of ether oxygens (including phenoxy) is 1. The number of nitrogens with one attached hydrogen (secondary N) is 1. The molecule has 4 heteroatoms. The molecule has 1 aromatic rings. The van der Waals surface area contributed by atoms with Gasteiger partial charge in [-0.05, 0) is 39.7 Å². The van der Waals surface area contributed by atoms with E-state index in [1.54, 1.807) is 0 Å². The Morgan fingerprint density at radius 2 is 2.00 bits per heavy atom. The van der Waals surface area contributed by atoms with Crippen molar-refractivity contribution in [3.8, 4) is 0 Å². The first-order chi connectivity index (χ1) is 9.22. The van der Waals surface area contributed by atoms with Crippen molar-refractivity contribution < 1.29 is 4.74 Å². The summed E-state index contributed by atoms with van der Waals surface area (Å²) >= 11 is 0. The van der Waals surface area contributed by atoms with Crippen LogP contribution in [-0.4, -0.2) is 29.7 Å². The molecule has 19 heavy (non-hydrogen) atoms. The van der Waals surface area contributed by atoms with Gasteiger partial charge in [0.2, 0.25) is 0 Å². The summed E-state index contributed by atoms with van der Waals surface area (Å²) in [6.07, 6.45) is 3.41. The number of nitrogens with zero attached hydrogens (tertiary/aromatic N) is 2. The molecule has 1 aliphatic heterocycles. The molecular formula is C15H25N3O. The van der Waals surface area contributed by atoms with Gasteiger partial charge in [0.1, 0.15) is 5.82 Å². The van der Waals surface area contributed by atoms with E-state index in [0.29, 0.717) is 5.92 Å². The molecule has 0 bridgehead atoms. The molecule has 2 rings (SSSR count). The van der Waals surface area contributed by atoms with Crippen molar-refractivity contribution in [1.29, 1.82) is 0 Å². The van der Waals surface area contributed by atoms with E-state index < -0.39 is 0 Å². The molecule has 106 valence electrons. The van der Waals surface area contributed by atoms with Crippen LogP contribution < -0.4 is 5.32 Å². The quantitative estimate of drug-likeness (QED) is 0.829. The number of aromatic nitrogens is 2. The van der Waals surface area contributed by atoms with Crippen molar-refractivity contribution in [3.05, 3.63) is 22.8 Å². The lowest BCUT2D eigenvalue weighted by Crippen LogP contribution is -2.21. The Labute approximate surface area is 116 Å². The summed E-state index contributed by atoms with van der Waals surface area (Å²) in [5, 5.41) is 3.43. The molecule has 1 fully saturated rings. The molecule has 0 spiro atoms. The molecule has 1 saturated heterocycles. The van der Waals surface area contributed by atoms with Crippen LogP contribution in [0.2, 0.25) is 0 Å². The summed E-state index contributed by atoms with van der Waals surface area (Å²) in [4.78, 5) is 9.41. The van der Waals surface area contributed by atoms with Gasteiger partial charge in [0.15, 0.2) is 0 Å². The maximum atomic E-state index is 5.53. The van der Waals surface area contributed by atoms with Gasteiger partial charge in [-0.3, -0.25) is 0 Å². The van der Waals surface area contributed by atoms with Crippen molar-refractivity contribution in [2.45, 2.75) is 52.5 Å². The van der Waals surface area contributed by atoms with Crippen LogP contribution in [0.4, 0.5) is 0 Å². The van der Waals surface area contributed by atoms with Crippen molar-refractivity contribution in [2.75, 3.05) is 19.8 Å². The highest BCUT2D eigenvalue weighted by Crippen LogP contribution is 2.24. The lowest BCUT2D eigenvalue weighted by Gasteiger charge is -2.22. The van der Waals surface area contributed by atoms with Crippen LogP contribution in [0.25, 0.3) is 0 Å². The van der Waals surface area contributed by atoms with E-state index in [1.807, 2.05) is 0 Å². The molecule has 1 aliphatic rings. The second-order valence-electron chi connectivity index (χ2n) is 5.32. The molecule has 2 heterocycles. The van der Waals surface area contributed by atoms with E-state index in [1.165, 1.54) is 5.56 Å². The number of hydrogen-bond donors (Lipinski definition) is 1. The largest absolute Gasteiger partial charge is 0.381 e. The Balaban J connectivity index is 2.11. The topological polar surface area (TPSA) is 47.0 Å². The Morgan fingerprint density at radius 1 is 1.26 bits per heavy atom. The van der Waals surface area contributed by atoms with Crippen LogP contribution in [0.3, 0.4) is 0 Å². The van der Waals surface area contributed by atoms with Crippen LogP contribution in [0.15, 0.2) is 0 Å². The Kier molecular flexibility index (Phi) is 5.28. The van der Waals surface area contributed by atoms with Crippen molar-refractivity contribution in [2.24, 2.45) is 0 Å². The number of rotatable bonds is 5. The zero-order valence-corrected chi connectivity index (χ0v) is 12.3. The van der Waals surface area contributed by atoms with Crippen molar-refractivity contribution >= 4 is 0 Å². The van der Waals surface area contributed by atoms with Crippen LogP contribution >= 0.6 is 0 Å². The van der Waals surface area contributed by atoms with E-state index in [-0.39, 0.29) is 0 Å². The molecule has 0 amide bonds. The highest BCUT2D eigenvalue weighted by molar-refractivity contribution is 5.25. The maximum absolute atomic E-state index is 5.53. The standard InChI is InChI=1S/C15H25N3O/c1-4-7-16-9-14-11(2)17-15(18-12(14)3)13-6-5-8-19-10-13/h13,16H,4-10H2,1-3H3. The molecular weight excluding hydrogens is 238 g/mol. The monoisotopic (exact) mass is 263 g/mol. The first-order valence-electron chi connectivity index (χ1n) is 7.34. The minimum atomic E-state index is 0.379. The summed E-state index contributed by atoms with van der Waals surface area (Å²) in [7, 11) is 0. The normalized spacial score (nSPS) is 19.6.